The molecular weight excluding hydrogens is 540 g/mol. The number of hydrogen-bond acceptors (Lipinski definition) is 9. The average molecular weight is 561 g/mol. The highest BCUT2D eigenvalue weighted by molar-refractivity contribution is 8.00. The molecule has 37 heavy (non-hydrogen) atoms. The highest BCUT2D eigenvalue weighted by Crippen LogP contribution is 2.51. The van der Waals surface area contributed by atoms with Gasteiger partial charge in [-0.3, -0.25) is 29.1 Å². The van der Waals surface area contributed by atoms with Crippen molar-refractivity contribution in [3.8, 4) is 5.75 Å². The van der Waals surface area contributed by atoms with Crippen molar-refractivity contribution in [3.63, 3.8) is 0 Å². The summed E-state index contributed by atoms with van der Waals surface area (Å²) in [4.78, 5) is 51.2. The number of carbonyl (C=O) groups is 3. The Morgan fingerprint density at radius 1 is 1.08 bits per heavy atom. The van der Waals surface area contributed by atoms with Crippen LogP contribution in [0, 0.1) is 5.92 Å². The molecule has 0 bridgehead atoms. The lowest BCUT2D eigenvalue weighted by atomic mass is 9.83. The topological polar surface area (TPSA) is 167 Å². The molecule has 3 atom stereocenters. The Bertz CT molecular complexity index is 1580. The van der Waals surface area contributed by atoms with Gasteiger partial charge in [-0.2, -0.15) is 0 Å². The molecule has 0 saturated carbocycles. The molecule has 5 rings (SSSR count). The minimum atomic E-state index is -3.88. The summed E-state index contributed by atoms with van der Waals surface area (Å²) in [5.41, 5.74) is 1.06. The van der Waals surface area contributed by atoms with Crippen LogP contribution in [0.3, 0.4) is 0 Å². The van der Waals surface area contributed by atoms with Crippen molar-refractivity contribution in [2.24, 2.45) is 11.1 Å². The second kappa shape index (κ2) is 9.45. The van der Waals surface area contributed by atoms with Gasteiger partial charge in [0.25, 0.3) is 0 Å². The summed E-state index contributed by atoms with van der Waals surface area (Å²) in [5.74, 6) is -1.99. The molecule has 192 valence electrons. The van der Waals surface area contributed by atoms with E-state index >= 15 is 0 Å². The van der Waals surface area contributed by atoms with Crippen molar-refractivity contribution in [1.29, 1.82) is 0 Å². The van der Waals surface area contributed by atoms with Crippen LogP contribution in [0.15, 0.2) is 63.2 Å². The smallest absolute Gasteiger partial charge is 0.308 e. The van der Waals surface area contributed by atoms with Gasteiger partial charge in [0.15, 0.2) is 0 Å². The molecule has 0 spiro atoms. The van der Waals surface area contributed by atoms with Gasteiger partial charge in [-0.25, -0.2) is 13.6 Å². The summed E-state index contributed by atoms with van der Waals surface area (Å²) in [5, 5.41) is 9.82. The van der Waals surface area contributed by atoms with Crippen molar-refractivity contribution in [2.45, 2.75) is 27.6 Å². The second-order valence-electron chi connectivity index (χ2n) is 8.41. The minimum absolute atomic E-state index is 0.103. The fourth-order valence-corrected chi connectivity index (χ4v) is 7.67. The van der Waals surface area contributed by atoms with E-state index in [-0.39, 0.29) is 11.4 Å². The van der Waals surface area contributed by atoms with E-state index in [9.17, 15) is 27.6 Å². The van der Waals surface area contributed by atoms with Gasteiger partial charge in [-0.1, -0.05) is 35.2 Å². The number of methoxy groups -OCH3 is 1. The fourth-order valence-electron chi connectivity index (χ4n) is 4.42. The SMILES string of the molecule is COc1ccc([C@@H]2c3sc(=O)n(CC(=O)Nc4ccc(S(N)(=O)=O)cc4)c3S[C@@H]3C(=O)NC(=O)[C@H]23)cc1. The standard InChI is InChI=1S/C23H20N4O7S3/c1-34-13-6-2-11(3-7-13)16-17-18(21(30)26-20(17)29)35-22-19(16)36-23(31)27(22)10-15(28)25-12-4-8-14(9-5-12)37(24,32)33/h2-9,16-18H,10H2,1H3,(H,25,28)(H2,24,32,33)(H,26,29,30)/t16-,17+,18-/m0/s1. The third kappa shape index (κ3) is 4.68. The number of amides is 3. The van der Waals surface area contributed by atoms with E-state index < -0.39 is 49.7 Å². The molecule has 2 aliphatic heterocycles. The molecule has 1 fully saturated rings. The van der Waals surface area contributed by atoms with Crippen LogP contribution in [0.1, 0.15) is 16.4 Å². The van der Waals surface area contributed by atoms with E-state index in [2.05, 4.69) is 10.6 Å². The van der Waals surface area contributed by atoms with Crippen molar-refractivity contribution in [2.75, 3.05) is 12.4 Å². The number of aromatic nitrogens is 1. The van der Waals surface area contributed by atoms with E-state index in [0.29, 0.717) is 21.3 Å². The molecule has 1 aromatic heterocycles. The molecule has 11 nitrogen and oxygen atoms in total. The molecule has 3 amide bonds. The molecule has 0 unspecified atom stereocenters. The number of nitrogens with zero attached hydrogens (tertiary/aromatic N) is 1. The van der Waals surface area contributed by atoms with E-state index in [1.165, 1.54) is 35.9 Å². The Labute approximate surface area is 219 Å². The Morgan fingerprint density at radius 2 is 1.76 bits per heavy atom. The number of fused-ring (bicyclic) bond motifs is 2. The zero-order chi connectivity index (χ0) is 26.5. The van der Waals surface area contributed by atoms with Crippen LogP contribution in [0.25, 0.3) is 0 Å². The van der Waals surface area contributed by atoms with E-state index in [1.807, 2.05) is 0 Å². The Kier molecular flexibility index (Phi) is 6.43. The number of hydrogen-bond donors (Lipinski definition) is 3. The third-order valence-electron chi connectivity index (χ3n) is 6.13. The molecular formula is C23H20N4O7S3. The maximum Gasteiger partial charge on any atom is 0.308 e. The molecule has 4 N–H and O–H groups in total. The minimum Gasteiger partial charge on any atom is -0.497 e. The summed E-state index contributed by atoms with van der Waals surface area (Å²) in [6, 6.07) is 12.4. The van der Waals surface area contributed by atoms with Crippen LogP contribution in [0.5, 0.6) is 5.75 Å². The maximum absolute atomic E-state index is 13.0. The number of imide groups is 1. The quantitative estimate of drug-likeness (QED) is 0.377. The van der Waals surface area contributed by atoms with E-state index in [1.54, 1.807) is 24.3 Å². The second-order valence-corrected chi connectivity index (χ2v) is 12.1. The Hall–Kier alpha value is -3.46. The van der Waals surface area contributed by atoms with Crippen molar-refractivity contribution in [1.82, 2.24) is 9.88 Å². The molecule has 3 heterocycles. The molecule has 0 radical (unpaired) electrons. The average Bonchev–Trinajstić information content (AvgIpc) is 3.32. The number of carbonyl (C=O) groups excluding carboxylic acids is 3. The fraction of sp³-hybridized carbons (Fsp3) is 0.217. The third-order valence-corrected chi connectivity index (χ3v) is 9.68. The summed E-state index contributed by atoms with van der Waals surface area (Å²) in [7, 11) is -2.34. The predicted molar refractivity (Wildman–Crippen MR) is 136 cm³/mol. The van der Waals surface area contributed by atoms with Crippen molar-refractivity contribution >= 4 is 56.5 Å². The van der Waals surface area contributed by atoms with Crippen LogP contribution in [0.4, 0.5) is 5.69 Å². The zero-order valence-corrected chi connectivity index (χ0v) is 21.6. The zero-order valence-electron chi connectivity index (χ0n) is 19.2. The number of anilines is 1. The first-order chi connectivity index (χ1) is 17.6. The lowest BCUT2D eigenvalue weighted by Gasteiger charge is -2.30. The molecule has 0 aliphatic carbocycles. The summed E-state index contributed by atoms with van der Waals surface area (Å²) >= 11 is 2.04. The van der Waals surface area contributed by atoms with E-state index in [4.69, 9.17) is 9.88 Å². The van der Waals surface area contributed by atoms with Crippen LogP contribution < -0.4 is 25.4 Å². The number of thiazole rings is 1. The summed E-state index contributed by atoms with van der Waals surface area (Å²) in [6.07, 6.45) is 0. The summed E-state index contributed by atoms with van der Waals surface area (Å²) < 4.78 is 29.4. The number of ether oxygens (including phenoxy) is 1. The van der Waals surface area contributed by atoms with Gasteiger partial charge in [0.2, 0.25) is 27.7 Å². The largest absolute Gasteiger partial charge is 0.497 e. The van der Waals surface area contributed by atoms with Crippen LogP contribution in [-0.2, 0) is 31.0 Å². The van der Waals surface area contributed by atoms with Gasteiger partial charge < -0.3 is 10.1 Å². The Morgan fingerprint density at radius 3 is 2.38 bits per heavy atom. The Balaban J connectivity index is 1.47. The number of sulfonamides is 1. The lowest BCUT2D eigenvalue weighted by molar-refractivity contribution is -0.126. The number of nitrogens with one attached hydrogen (secondary N) is 2. The maximum atomic E-state index is 13.0. The number of nitrogens with two attached hydrogens (primary N) is 1. The first kappa shape index (κ1) is 25.2. The van der Waals surface area contributed by atoms with Gasteiger partial charge in [0.05, 0.1) is 22.9 Å². The molecule has 3 aromatic rings. The highest BCUT2D eigenvalue weighted by Gasteiger charge is 2.52. The van der Waals surface area contributed by atoms with Gasteiger partial charge in [0.1, 0.15) is 17.5 Å². The highest BCUT2D eigenvalue weighted by atomic mass is 32.2. The monoisotopic (exact) mass is 560 g/mol. The number of benzene rings is 2. The van der Waals surface area contributed by atoms with Crippen LogP contribution >= 0.6 is 23.1 Å². The molecule has 2 aromatic carbocycles. The normalized spacial score (nSPS) is 20.6. The molecule has 2 aliphatic rings. The van der Waals surface area contributed by atoms with Gasteiger partial charge in [0, 0.05) is 16.5 Å². The number of rotatable bonds is 6. The first-order valence-electron chi connectivity index (χ1n) is 10.9. The molecule has 1 saturated heterocycles. The van der Waals surface area contributed by atoms with Crippen LogP contribution in [-0.4, -0.2) is 43.1 Å². The summed E-state index contributed by atoms with van der Waals surface area (Å²) in [6.45, 7) is -0.336. The number of primary sulfonamides is 1. The van der Waals surface area contributed by atoms with E-state index in [0.717, 1.165) is 28.7 Å². The van der Waals surface area contributed by atoms with Crippen LogP contribution in [0.2, 0.25) is 0 Å². The van der Waals surface area contributed by atoms with Gasteiger partial charge in [-0.05, 0) is 42.0 Å². The van der Waals surface area contributed by atoms with Gasteiger partial charge >= 0.3 is 4.87 Å². The first-order valence-corrected chi connectivity index (χ1v) is 14.1. The molecule has 14 heteroatoms. The van der Waals surface area contributed by atoms with Gasteiger partial charge in [-0.15, -0.1) is 0 Å². The van der Waals surface area contributed by atoms with Crippen molar-refractivity contribution < 1.29 is 27.5 Å². The van der Waals surface area contributed by atoms with Crippen molar-refractivity contribution in [3.05, 3.63) is 68.6 Å². The predicted octanol–water partition coefficient (Wildman–Crippen LogP) is 1.08. The number of thioether (sulfide) groups is 1. The lowest BCUT2D eigenvalue weighted by Crippen LogP contribution is -2.32.